The zero-order valence-corrected chi connectivity index (χ0v) is 13.5. The van der Waals surface area contributed by atoms with Gasteiger partial charge in [0, 0.05) is 16.5 Å². The maximum atomic E-state index is 8.72. The average Bonchev–Trinajstić information content (AvgIpc) is 3.17. The normalized spacial score (nSPS) is 11.8. The van der Waals surface area contributed by atoms with E-state index in [2.05, 4.69) is 20.3 Å². The van der Waals surface area contributed by atoms with E-state index in [1.54, 1.807) is 30.3 Å². The first-order valence-corrected chi connectivity index (χ1v) is 7.73. The van der Waals surface area contributed by atoms with Crippen molar-refractivity contribution in [3.8, 4) is 22.9 Å². The first-order chi connectivity index (χ1) is 12.7. The third kappa shape index (κ3) is 2.69. The fourth-order valence-electron chi connectivity index (χ4n) is 2.66. The molecule has 0 aliphatic carbocycles. The van der Waals surface area contributed by atoms with Gasteiger partial charge in [-0.3, -0.25) is 0 Å². The van der Waals surface area contributed by atoms with Crippen molar-refractivity contribution in [3.63, 3.8) is 0 Å². The fourth-order valence-corrected chi connectivity index (χ4v) is 2.66. The van der Waals surface area contributed by atoms with E-state index in [1.807, 2.05) is 24.3 Å². The van der Waals surface area contributed by atoms with Crippen LogP contribution in [0.1, 0.15) is 5.56 Å². The molecular formula is C18H14N6O2. The molecule has 0 aliphatic heterocycles. The van der Waals surface area contributed by atoms with E-state index >= 15 is 0 Å². The Labute approximate surface area is 147 Å². The van der Waals surface area contributed by atoms with Gasteiger partial charge in [-0.2, -0.15) is 0 Å². The molecular weight excluding hydrogens is 332 g/mol. The molecule has 2 aromatic carbocycles. The maximum Gasteiger partial charge on any atom is 0.248 e. The van der Waals surface area contributed by atoms with Gasteiger partial charge in [-0.25, -0.2) is 4.98 Å². The Hall–Kier alpha value is -3.94. The number of anilines is 1. The van der Waals surface area contributed by atoms with E-state index < -0.39 is 0 Å². The highest BCUT2D eigenvalue weighted by molar-refractivity contribution is 5.97. The third-order valence-corrected chi connectivity index (χ3v) is 3.93. The van der Waals surface area contributed by atoms with Gasteiger partial charge in [-0.1, -0.05) is 35.5 Å². The summed E-state index contributed by atoms with van der Waals surface area (Å²) >= 11 is 0. The van der Waals surface area contributed by atoms with E-state index in [-0.39, 0.29) is 5.84 Å². The van der Waals surface area contributed by atoms with E-state index in [0.29, 0.717) is 28.7 Å². The second kappa shape index (κ2) is 6.17. The molecule has 0 unspecified atom stereocenters. The minimum Gasteiger partial charge on any atom is -0.416 e. The van der Waals surface area contributed by atoms with Gasteiger partial charge in [0.25, 0.3) is 0 Å². The van der Waals surface area contributed by atoms with Gasteiger partial charge in [-0.15, -0.1) is 10.2 Å². The molecule has 0 saturated carbocycles. The predicted octanol–water partition coefficient (Wildman–Crippen LogP) is 2.63. The number of nitrogen functional groups attached to an aromatic ring is 1. The second-order valence-corrected chi connectivity index (χ2v) is 5.59. The summed E-state index contributed by atoms with van der Waals surface area (Å²) in [6.07, 6.45) is 0. The highest BCUT2D eigenvalue weighted by atomic mass is 16.4. The number of amidine groups is 1. The molecule has 0 atom stereocenters. The molecule has 2 aromatic heterocycles. The van der Waals surface area contributed by atoms with Crippen LogP contribution in [0.25, 0.3) is 33.8 Å². The Morgan fingerprint density at radius 1 is 1.00 bits per heavy atom. The molecule has 0 saturated heterocycles. The van der Waals surface area contributed by atoms with Crippen LogP contribution in [0.5, 0.6) is 0 Å². The van der Waals surface area contributed by atoms with Gasteiger partial charge < -0.3 is 21.1 Å². The van der Waals surface area contributed by atoms with E-state index in [4.69, 9.17) is 21.1 Å². The number of hydrogen-bond donors (Lipinski definition) is 3. The number of rotatable bonds is 3. The van der Waals surface area contributed by atoms with Gasteiger partial charge in [0.2, 0.25) is 11.8 Å². The van der Waals surface area contributed by atoms with Crippen molar-refractivity contribution in [2.45, 2.75) is 0 Å². The molecule has 4 aromatic rings. The van der Waals surface area contributed by atoms with Crippen LogP contribution in [0.4, 0.5) is 5.82 Å². The molecule has 8 nitrogen and oxygen atoms in total. The number of aromatic nitrogens is 3. The topological polar surface area (TPSA) is 136 Å². The second-order valence-electron chi connectivity index (χ2n) is 5.59. The summed E-state index contributed by atoms with van der Waals surface area (Å²) in [6.45, 7) is 0. The predicted molar refractivity (Wildman–Crippen MR) is 97.4 cm³/mol. The van der Waals surface area contributed by atoms with Gasteiger partial charge in [-0.05, 0) is 24.3 Å². The molecule has 0 spiro atoms. The quantitative estimate of drug-likeness (QED) is 0.224. The molecule has 2 heterocycles. The van der Waals surface area contributed by atoms with E-state index in [0.717, 1.165) is 16.5 Å². The summed E-state index contributed by atoms with van der Waals surface area (Å²) in [4.78, 5) is 4.31. The van der Waals surface area contributed by atoms with Gasteiger partial charge >= 0.3 is 0 Å². The number of nitrogens with two attached hydrogens (primary N) is 2. The summed E-state index contributed by atoms with van der Waals surface area (Å²) in [5.41, 5.74) is 14.2. The Kier molecular flexibility index (Phi) is 3.70. The lowest BCUT2D eigenvalue weighted by Gasteiger charge is -2.03. The maximum absolute atomic E-state index is 8.72. The van der Waals surface area contributed by atoms with Gasteiger partial charge in [0.15, 0.2) is 5.84 Å². The van der Waals surface area contributed by atoms with Crippen LogP contribution in [0.2, 0.25) is 0 Å². The molecule has 0 bridgehead atoms. The van der Waals surface area contributed by atoms with Gasteiger partial charge in [0.05, 0.1) is 11.1 Å². The zero-order valence-electron chi connectivity index (χ0n) is 13.5. The fraction of sp³-hybridized carbons (Fsp3) is 0. The number of hydrogen-bond acceptors (Lipinski definition) is 7. The van der Waals surface area contributed by atoms with Crippen LogP contribution in [0.3, 0.4) is 0 Å². The van der Waals surface area contributed by atoms with Crippen molar-refractivity contribution in [1.29, 1.82) is 0 Å². The standard InChI is InChI=1S/C18H14N6O2/c19-15-9-13(12-3-1-2-4-14(12)21-15)18-23-22-17(26-18)11-7-5-10(6-8-11)16(20)24-25/h1-9,25H,(H2,19,21)(H2,20,24). The number of fused-ring (bicyclic) bond motifs is 1. The minimum atomic E-state index is 0.0292. The molecule has 8 heteroatoms. The Balaban J connectivity index is 1.75. The van der Waals surface area contributed by atoms with E-state index in [1.165, 1.54) is 0 Å². The highest BCUT2D eigenvalue weighted by Crippen LogP contribution is 2.30. The first-order valence-electron chi connectivity index (χ1n) is 7.73. The lowest BCUT2D eigenvalue weighted by atomic mass is 10.1. The number of oxime groups is 1. The molecule has 0 fully saturated rings. The molecule has 26 heavy (non-hydrogen) atoms. The molecule has 4 rings (SSSR count). The number of pyridine rings is 1. The molecule has 0 amide bonds. The largest absolute Gasteiger partial charge is 0.416 e. The van der Waals surface area contributed by atoms with Crippen LogP contribution in [0, 0.1) is 0 Å². The zero-order chi connectivity index (χ0) is 18.1. The van der Waals surface area contributed by atoms with E-state index in [9.17, 15) is 0 Å². The minimum absolute atomic E-state index is 0.0292. The summed E-state index contributed by atoms with van der Waals surface area (Å²) < 4.78 is 5.83. The molecule has 5 N–H and O–H groups in total. The summed E-state index contributed by atoms with van der Waals surface area (Å²) in [7, 11) is 0. The summed E-state index contributed by atoms with van der Waals surface area (Å²) in [5.74, 6) is 1.11. The van der Waals surface area contributed by atoms with Crippen LogP contribution < -0.4 is 11.5 Å². The third-order valence-electron chi connectivity index (χ3n) is 3.93. The lowest BCUT2D eigenvalue weighted by molar-refractivity contribution is 0.318. The van der Waals surface area contributed by atoms with Crippen molar-refractivity contribution in [2.75, 3.05) is 5.73 Å². The van der Waals surface area contributed by atoms with Crippen molar-refractivity contribution >= 4 is 22.6 Å². The van der Waals surface area contributed by atoms with Crippen LogP contribution in [-0.4, -0.2) is 26.2 Å². The molecule has 0 radical (unpaired) electrons. The van der Waals surface area contributed by atoms with Crippen LogP contribution >= 0.6 is 0 Å². The van der Waals surface area contributed by atoms with Crippen molar-refractivity contribution in [2.24, 2.45) is 10.9 Å². The van der Waals surface area contributed by atoms with Crippen LogP contribution in [-0.2, 0) is 0 Å². The molecule has 128 valence electrons. The summed E-state index contributed by atoms with van der Waals surface area (Å²) in [5, 5.41) is 20.8. The van der Waals surface area contributed by atoms with Crippen LogP contribution in [0.15, 0.2) is 64.2 Å². The first kappa shape index (κ1) is 15.6. The Morgan fingerprint density at radius 3 is 2.50 bits per heavy atom. The average molecular weight is 346 g/mol. The Bertz CT molecular complexity index is 1120. The smallest absolute Gasteiger partial charge is 0.248 e. The lowest BCUT2D eigenvalue weighted by Crippen LogP contribution is -2.12. The molecule has 0 aliphatic rings. The van der Waals surface area contributed by atoms with Gasteiger partial charge in [0.1, 0.15) is 5.82 Å². The SMILES string of the molecule is NC(=NO)c1ccc(-c2nnc(-c3cc(N)nc4ccccc34)o2)cc1. The highest BCUT2D eigenvalue weighted by Gasteiger charge is 2.14. The van der Waals surface area contributed by atoms with Crippen molar-refractivity contribution in [1.82, 2.24) is 15.2 Å². The monoisotopic (exact) mass is 346 g/mol. The number of para-hydroxylation sites is 1. The number of nitrogens with zero attached hydrogens (tertiary/aromatic N) is 4. The van der Waals surface area contributed by atoms with Crippen molar-refractivity contribution < 1.29 is 9.62 Å². The number of benzene rings is 2. The van der Waals surface area contributed by atoms with Crippen molar-refractivity contribution in [3.05, 3.63) is 60.2 Å². The summed E-state index contributed by atoms with van der Waals surface area (Å²) in [6, 6.07) is 16.2. The Morgan fingerprint density at radius 2 is 1.73 bits per heavy atom.